The highest BCUT2D eigenvalue weighted by atomic mass is 16.5. The molecule has 1 atom stereocenters. The third-order valence-electron chi connectivity index (χ3n) is 2.90. The fourth-order valence-corrected chi connectivity index (χ4v) is 1.96. The van der Waals surface area contributed by atoms with Crippen LogP contribution < -0.4 is 5.32 Å². The summed E-state index contributed by atoms with van der Waals surface area (Å²) in [5.41, 5.74) is 2.92. The van der Waals surface area contributed by atoms with E-state index in [4.69, 9.17) is 4.74 Å². The Kier molecular flexibility index (Phi) is 3.12. The molecule has 3 aromatic rings. The number of fused-ring (bicyclic) bond motifs is 1. The van der Waals surface area contributed by atoms with Crippen molar-refractivity contribution >= 4 is 17.0 Å². The first-order valence-corrected chi connectivity index (χ1v) is 6.01. The standard InChI is InChI=1S/C14H14N4O/c1-19-13(10-6-8-15-9-7-10)18-14-16-11-4-2-3-5-12(11)17-14/h2-9,13H,1H3,(H2,16,17,18). The number of pyridine rings is 1. The van der Waals surface area contributed by atoms with E-state index in [0.717, 1.165) is 16.6 Å². The Morgan fingerprint density at radius 1 is 1.16 bits per heavy atom. The molecule has 0 spiro atoms. The molecule has 0 aliphatic carbocycles. The highest BCUT2D eigenvalue weighted by Gasteiger charge is 2.11. The number of anilines is 1. The highest BCUT2D eigenvalue weighted by Crippen LogP contribution is 2.20. The van der Waals surface area contributed by atoms with E-state index in [1.54, 1.807) is 19.5 Å². The maximum absolute atomic E-state index is 5.44. The van der Waals surface area contributed by atoms with Crippen molar-refractivity contribution < 1.29 is 4.74 Å². The summed E-state index contributed by atoms with van der Waals surface area (Å²) >= 11 is 0. The van der Waals surface area contributed by atoms with E-state index in [2.05, 4.69) is 20.3 Å². The lowest BCUT2D eigenvalue weighted by Gasteiger charge is -2.16. The normalized spacial score (nSPS) is 12.5. The summed E-state index contributed by atoms with van der Waals surface area (Å²) in [6, 6.07) is 11.7. The predicted molar refractivity (Wildman–Crippen MR) is 73.7 cm³/mol. The van der Waals surface area contributed by atoms with Gasteiger partial charge in [-0.2, -0.15) is 0 Å². The number of aromatic nitrogens is 3. The van der Waals surface area contributed by atoms with Gasteiger partial charge in [0.1, 0.15) is 0 Å². The maximum Gasteiger partial charge on any atom is 0.203 e. The van der Waals surface area contributed by atoms with Crippen LogP contribution in [0.3, 0.4) is 0 Å². The number of para-hydroxylation sites is 2. The lowest BCUT2D eigenvalue weighted by molar-refractivity contribution is 0.126. The molecule has 1 aromatic carbocycles. The third-order valence-corrected chi connectivity index (χ3v) is 2.90. The van der Waals surface area contributed by atoms with E-state index >= 15 is 0 Å². The van der Waals surface area contributed by atoms with Gasteiger partial charge in [-0.25, -0.2) is 4.98 Å². The van der Waals surface area contributed by atoms with Crippen LogP contribution in [0.15, 0.2) is 48.8 Å². The second-order valence-electron chi connectivity index (χ2n) is 4.14. The van der Waals surface area contributed by atoms with E-state index in [-0.39, 0.29) is 6.23 Å². The van der Waals surface area contributed by atoms with Gasteiger partial charge in [-0.05, 0) is 24.3 Å². The molecule has 19 heavy (non-hydrogen) atoms. The number of hydrogen-bond acceptors (Lipinski definition) is 4. The van der Waals surface area contributed by atoms with E-state index in [1.807, 2.05) is 36.4 Å². The number of benzene rings is 1. The molecule has 2 aromatic heterocycles. The van der Waals surface area contributed by atoms with Gasteiger partial charge in [-0.3, -0.25) is 4.98 Å². The van der Waals surface area contributed by atoms with Crippen molar-refractivity contribution in [3.8, 4) is 0 Å². The van der Waals surface area contributed by atoms with Crippen molar-refractivity contribution in [3.05, 3.63) is 54.4 Å². The lowest BCUT2D eigenvalue weighted by Crippen LogP contribution is -2.13. The number of rotatable bonds is 4. The molecule has 0 saturated carbocycles. The van der Waals surface area contributed by atoms with Crippen molar-refractivity contribution in [2.24, 2.45) is 0 Å². The molecule has 5 heteroatoms. The van der Waals surface area contributed by atoms with Crippen molar-refractivity contribution in [2.75, 3.05) is 12.4 Å². The Bertz CT molecular complexity index is 632. The summed E-state index contributed by atoms with van der Waals surface area (Å²) in [4.78, 5) is 11.7. The fraction of sp³-hybridized carbons (Fsp3) is 0.143. The summed E-state index contributed by atoms with van der Waals surface area (Å²) in [6.07, 6.45) is 3.21. The number of nitrogens with zero attached hydrogens (tertiary/aromatic N) is 2. The molecule has 5 nitrogen and oxygen atoms in total. The summed E-state index contributed by atoms with van der Waals surface area (Å²) in [7, 11) is 1.65. The number of methoxy groups -OCH3 is 1. The van der Waals surface area contributed by atoms with E-state index in [0.29, 0.717) is 5.95 Å². The Hall–Kier alpha value is -2.40. The van der Waals surface area contributed by atoms with Crippen LogP contribution in [0, 0.1) is 0 Å². The predicted octanol–water partition coefficient (Wildman–Crippen LogP) is 2.72. The zero-order chi connectivity index (χ0) is 13.1. The molecule has 1 unspecified atom stereocenters. The van der Waals surface area contributed by atoms with Gasteiger partial charge in [0.2, 0.25) is 5.95 Å². The van der Waals surface area contributed by atoms with Crippen LogP contribution in [-0.2, 0) is 4.74 Å². The van der Waals surface area contributed by atoms with E-state index in [9.17, 15) is 0 Å². The smallest absolute Gasteiger partial charge is 0.203 e. The van der Waals surface area contributed by atoms with Crippen LogP contribution in [0.2, 0.25) is 0 Å². The second-order valence-corrected chi connectivity index (χ2v) is 4.14. The van der Waals surface area contributed by atoms with Crippen molar-refractivity contribution in [1.82, 2.24) is 15.0 Å². The fourth-order valence-electron chi connectivity index (χ4n) is 1.96. The number of H-pyrrole nitrogens is 1. The number of aromatic amines is 1. The topological polar surface area (TPSA) is 62.8 Å². The molecule has 2 heterocycles. The third kappa shape index (κ3) is 2.41. The Morgan fingerprint density at radius 2 is 1.95 bits per heavy atom. The van der Waals surface area contributed by atoms with Crippen molar-refractivity contribution in [2.45, 2.75) is 6.23 Å². The average Bonchev–Trinajstić information content (AvgIpc) is 2.88. The summed E-state index contributed by atoms with van der Waals surface area (Å²) in [6.45, 7) is 0. The van der Waals surface area contributed by atoms with Gasteiger partial charge in [0.05, 0.1) is 11.0 Å². The summed E-state index contributed by atoms with van der Waals surface area (Å²) in [5, 5.41) is 3.22. The quantitative estimate of drug-likeness (QED) is 0.703. The molecule has 0 amide bonds. The SMILES string of the molecule is COC(Nc1nc2ccccc2[nH]1)c1ccncc1. The number of imidazole rings is 1. The van der Waals surface area contributed by atoms with Crippen LogP contribution in [0.4, 0.5) is 5.95 Å². The first-order chi connectivity index (χ1) is 9.36. The van der Waals surface area contributed by atoms with Crippen LogP contribution in [-0.4, -0.2) is 22.1 Å². The molecule has 96 valence electrons. The van der Waals surface area contributed by atoms with Gasteiger partial charge in [0.25, 0.3) is 0 Å². The van der Waals surface area contributed by atoms with Crippen molar-refractivity contribution in [3.63, 3.8) is 0 Å². The maximum atomic E-state index is 5.44. The average molecular weight is 254 g/mol. The van der Waals surface area contributed by atoms with Crippen LogP contribution in [0.5, 0.6) is 0 Å². The van der Waals surface area contributed by atoms with Gasteiger partial charge in [-0.1, -0.05) is 12.1 Å². The van der Waals surface area contributed by atoms with Crippen LogP contribution >= 0.6 is 0 Å². The van der Waals surface area contributed by atoms with Gasteiger partial charge < -0.3 is 15.0 Å². The summed E-state index contributed by atoms with van der Waals surface area (Å²) in [5.74, 6) is 0.685. The Balaban J connectivity index is 1.86. The highest BCUT2D eigenvalue weighted by molar-refractivity contribution is 5.77. The number of hydrogen-bond donors (Lipinski definition) is 2. The largest absolute Gasteiger partial charge is 0.357 e. The molecular weight excluding hydrogens is 240 g/mol. The zero-order valence-electron chi connectivity index (χ0n) is 10.5. The Morgan fingerprint density at radius 3 is 2.68 bits per heavy atom. The van der Waals surface area contributed by atoms with Gasteiger partial charge in [-0.15, -0.1) is 0 Å². The molecular formula is C14H14N4O. The summed E-state index contributed by atoms with van der Waals surface area (Å²) < 4.78 is 5.44. The lowest BCUT2D eigenvalue weighted by atomic mass is 10.2. The molecule has 0 saturated heterocycles. The second kappa shape index (κ2) is 5.07. The van der Waals surface area contributed by atoms with Gasteiger partial charge in [0, 0.05) is 25.1 Å². The molecule has 2 N–H and O–H groups in total. The number of nitrogens with one attached hydrogen (secondary N) is 2. The van der Waals surface area contributed by atoms with Crippen molar-refractivity contribution in [1.29, 1.82) is 0 Å². The van der Waals surface area contributed by atoms with E-state index < -0.39 is 0 Å². The molecule has 0 fully saturated rings. The first kappa shape index (κ1) is 11.7. The Labute approximate surface area is 110 Å². The van der Waals surface area contributed by atoms with Gasteiger partial charge >= 0.3 is 0 Å². The van der Waals surface area contributed by atoms with Crippen LogP contribution in [0.1, 0.15) is 11.8 Å². The first-order valence-electron chi connectivity index (χ1n) is 6.01. The molecule has 0 aliphatic rings. The molecule has 3 rings (SSSR count). The van der Waals surface area contributed by atoms with Crippen LogP contribution in [0.25, 0.3) is 11.0 Å². The minimum atomic E-state index is -0.261. The minimum absolute atomic E-state index is 0.261. The zero-order valence-corrected chi connectivity index (χ0v) is 10.5. The van der Waals surface area contributed by atoms with E-state index in [1.165, 1.54) is 0 Å². The minimum Gasteiger partial charge on any atom is -0.357 e. The molecule has 0 radical (unpaired) electrons. The monoisotopic (exact) mass is 254 g/mol. The van der Waals surface area contributed by atoms with Gasteiger partial charge in [0.15, 0.2) is 6.23 Å². The molecule has 0 aliphatic heterocycles. The number of ether oxygens (including phenoxy) is 1. The molecule has 0 bridgehead atoms.